The molecule has 5 aromatic carbocycles. The van der Waals surface area contributed by atoms with Gasteiger partial charge >= 0.3 is 0 Å². The smallest absolute Gasteiger partial charge is 0.135 e. The Labute approximate surface area is 442 Å². The Kier molecular flexibility index (Phi) is 13.9. The molecule has 0 bridgehead atoms. The third kappa shape index (κ3) is 10.7. The van der Waals surface area contributed by atoms with Crippen LogP contribution in [-0.2, 0) is 48.1 Å². The van der Waals surface area contributed by atoms with E-state index in [9.17, 15) is 0 Å². The SMILES string of the molecule is CC(C)(C)C1=C(C(C)(C)C)N(c2cc(C(C)(C)C)cc(C(C)(C)C)c2)[CH-]N1c1[c-]c(Oc2[c-]c3c(cc2)c2cc(C(C)(C)C)ccc2n3-c2cc(C(C)(C)C)ccn2)cc(C(C)(C)c2ccccc2)c1.[Pt]. The number of fused-ring (bicyclic) bond motifs is 3. The van der Waals surface area contributed by atoms with Crippen molar-refractivity contribution in [1.82, 2.24) is 9.55 Å². The zero-order chi connectivity index (χ0) is 51.3. The Morgan fingerprint density at radius 3 is 1.58 bits per heavy atom. The molecule has 1 aliphatic heterocycles. The zero-order valence-corrected chi connectivity index (χ0v) is 48.8. The minimum absolute atomic E-state index is 0. The number of pyridine rings is 1. The topological polar surface area (TPSA) is 33.5 Å². The fraction of sp³-hybridized carbons (Fsp3) is 0.415. The summed E-state index contributed by atoms with van der Waals surface area (Å²) in [5.74, 6) is 2.09. The molecule has 0 unspecified atom stereocenters. The van der Waals surface area contributed by atoms with Gasteiger partial charge in [0, 0.05) is 72.2 Å². The van der Waals surface area contributed by atoms with Crippen molar-refractivity contribution in [1.29, 1.82) is 0 Å². The molecule has 3 heterocycles. The standard InChI is InChI=1S/C65H79N4O.Pt/c1-59(2,3)43-26-29-54-53(37-43)52-28-27-50(40-55(52)69(54)56-38-44(30-31-66-56)60(4,5)6)70-51-36-47(65(19,20)42-24-22-21-23-25-42)35-49(39-51)68-41-67(57(63(13,14)15)58(68)64(16,17)18)48-33-45(61(7,8)9)32-46(34-48)62(10,11)12;/h21-38,41H,1-20H3;/q-3;. The first kappa shape index (κ1) is 53.7. The first-order chi connectivity index (χ1) is 32.2. The average Bonchev–Trinajstić information content (AvgIpc) is 3.83. The minimum Gasteiger partial charge on any atom is -0.509 e. The van der Waals surface area contributed by atoms with Gasteiger partial charge in [-0.1, -0.05) is 193 Å². The van der Waals surface area contributed by atoms with Crippen LogP contribution < -0.4 is 14.5 Å². The molecule has 0 atom stereocenters. The second kappa shape index (κ2) is 18.4. The molecule has 0 spiro atoms. The van der Waals surface area contributed by atoms with Crippen molar-refractivity contribution < 1.29 is 25.8 Å². The molecule has 0 saturated heterocycles. The van der Waals surface area contributed by atoms with E-state index in [1.165, 1.54) is 50.3 Å². The van der Waals surface area contributed by atoms with Gasteiger partial charge in [0.1, 0.15) is 5.82 Å². The van der Waals surface area contributed by atoms with Gasteiger partial charge < -0.3 is 19.1 Å². The van der Waals surface area contributed by atoms with Crippen LogP contribution in [0.15, 0.2) is 121 Å². The summed E-state index contributed by atoms with van der Waals surface area (Å²) in [6.45, 7) is 48.4. The van der Waals surface area contributed by atoms with E-state index in [2.05, 4.69) is 275 Å². The summed E-state index contributed by atoms with van der Waals surface area (Å²) in [6.07, 6.45) is 1.93. The number of ether oxygens (including phenoxy) is 1. The molecule has 1 aliphatic rings. The van der Waals surface area contributed by atoms with Gasteiger partial charge in [0.05, 0.1) is 0 Å². The van der Waals surface area contributed by atoms with Gasteiger partial charge in [0.25, 0.3) is 0 Å². The molecule has 0 N–H and O–H groups in total. The summed E-state index contributed by atoms with van der Waals surface area (Å²) >= 11 is 0. The summed E-state index contributed by atoms with van der Waals surface area (Å²) < 4.78 is 9.37. The largest absolute Gasteiger partial charge is 0.509 e. The van der Waals surface area contributed by atoms with Crippen LogP contribution in [0.5, 0.6) is 11.5 Å². The van der Waals surface area contributed by atoms with Crippen molar-refractivity contribution in [3.8, 4) is 17.3 Å². The molecule has 71 heavy (non-hydrogen) atoms. The number of rotatable bonds is 7. The molecule has 0 amide bonds. The van der Waals surface area contributed by atoms with E-state index in [1.807, 2.05) is 6.20 Å². The van der Waals surface area contributed by atoms with E-state index >= 15 is 0 Å². The van der Waals surface area contributed by atoms with Gasteiger partial charge in [-0.15, -0.1) is 53.6 Å². The quantitative estimate of drug-likeness (QED) is 0.149. The Hall–Kier alpha value is -5.12. The van der Waals surface area contributed by atoms with E-state index in [0.717, 1.165) is 33.5 Å². The maximum absolute atomic E-state index is 7.12. The van der Waals surface area contributed by atoms with Gasteiger partial charge in [0.2, 0.25) is 0 Å². The van der Waals surface area contributed by atoms with Crippen molar-refractivity contribution in [2.24, 2.45) is 10.8 Å². The molecule has 0 saturated carbocycles. The maximum Gasteiger partial charge on any atom is 0.135 e. The normalized spacial score (nSPS) is 14.5. The predicted molar refractivity (Wildman–Crippen MR) is 298 cm³/mol. The zero-order valence-electron chi connectivity index (χ0n) is 46.5. The fourth-order valence-corrected chi connectivity index (χ4v) is 9.80. The van der Waals surface area contributed by atoms with Crippen LogP contribution in [0.2, 0.25) is 0 Å². The van der Waals surface area contributed by atoms with E-state index in [0.29, 0.717) is 11.5 Å². The van der Waals surface area contributed by atoms with Crippen molar-refractivity contribution >= 4 is 33.2 Å². The molecule has 7 aromatic rings. The number of allylic oxidation sites excluding steroid dienone is 2. The first-order valence-corrected chi connectivity index (χ1v) is 25.4. The summed E-state index contributed by atoms with van der Waals surface area (Å²) in [5.41, 5.74) is 13.1. The molecular formula is C65H79N4OPt-3. The van der Waals surface area contributed by atoms with Crippen molar-refractivity contribution in [3.05, 3.63) is 173 Å². The molecular weight excluding hydrogens is 1050 g/mol. The van der Waals surface area contributed by atoms with E-state index in [4.69, 9.17) is 9.72 Å². The van der Waals surface area contributed by atoms with Crippen molar-refractivity contribution in [2.45, 2.75) is 166 Å². The summed E-state index contributed by atoms with van der Waals surface area (Å²) in [5, 5.41) is 2.27. The fourth-order valence-electron chi connectivity index (χ4n) is 9.80. The maximum atomic E-state index is 7.12. The van der Waals surface area contributed by atoms with Crippen LogP contribution >= 0.6 is 0 Å². The van der Waals surface area contributed by atoms with Crippen LogP contribution in [0.1, 0.15) is 172 Å². The van der Waals surface area contributed by atoms with Gasteiger partial charge in [-0.2, -0.15) is 6.07 Å². The van der Waals surface area contributed by atoms with Gasteiger partial charge in [-0.3, -0.25) is 0 Å². The predicted octanol–water partition coefficient (Wildman–Crippen LogP) is 17.8. The summed E-state index contributed by atoms with van der Waals surface area (Å²) in [4.78, 5) is 9.85. The Morgan fingerprint density at radius 1 is 0.451 bits per heavy atom. The van der Waals surface area contributed by atoms with Crippen LogP contribution in [0, 0.1) is 29.6 Å². The second-order valence-corrected chi connectivity index (χ2v) is 26.6. The molecule has 2 aromatic heterocycles. The number of hydrogen-bond acceptors (Lipinski definition) is 4. The Balaban J connectivity index is 0.00000741. The van der Waals surface area contributed by atoms with Gasteiger partial charge in [-0.05, 0) is 90.6 Å². The molecule has 378 valence electrons. The summed E-state index contributed by atoms with van der Waals surface area (Å²) in [7, 11) is 0. The third-order valence-electron chi connectivity index (χ3n) is 14.2. The van der Waals surface area contributed by atoms with Crippen molar-refractivity contribution in [3.63, 3.8) is 0 Å². The number of hydrogen-bond donors (Lipinski definition) is 0. The molecule has 0 aliphatic carbocycles. The molecule has 5 nitrogen and oxygen atoms in total. The first-order valence-electron chi connectivity index (χ1n) is 25.4. The Bertz CT molecular complexity index is 3100. The van der Waals surface area contributed by atoms with E-state index in [-0.39, 0.29) is 59.0 Å². The molecule has 0 fully saturated rings. The minimum atomic E-state index is -0.377. The molecule has 8 rings (SSSR count). The van der Waals surface area contributed by atoms with Gasteiger partial charge in [0.15, 0.2) is 0 Å². The van der Waals surface area contributed by atoms with Crippen LogP contribution in [-0.4, -0.2) is 9.55 Å². The van der Waals surface area contributed by atoms with E-state index in [1.54, 1.807) is 0 Å². The monoisotopic (exact) mass is 1130 g/mol. The Morgan fingerprint density at radius 2 is 1.01 bits per heavy atom. The van der Waals surface area contributed by atoms with Crippen LogP contribution in [0.4, 0.5) is 11.4 Å². The van der Waals surface area contributed by atoms with Crippen LogP contribution in [0.25, 0.3) is 27.6 Å². The third-order valence-corrected chi connectivity index (χ3v) is 14.2. The number of anilines is 2. The molecule has 0 radical (unpaired) electrons. The number of benzene rings is 5. The van der Waals surface area contributed by atoms with E-state index < -0.39 is 0 Å². The summed E-state index contributed by atoms with van der Waals surface area (Å²) in [6, 6.07) is 45.6. The average molecular weight is 1130 g/mol. The van der Waals surface area contributed by atoms with Crippen molar-refractivity contribution in [2.75, 3.05) is 9.80 Å². The number of nitrogens with zero attached hydrogens (tertiary/aromatic N) is 4. The van der Waals surface area contributed by atoms with Crippen LogP contribution in [0.3, 0.4) is 0 Å². The molecule has 6 heteroatoms. The number of aromatic nitrogens is 2. The van der Waals surface area contributed by atoms with Gasteiger partial charge in [-0.25, -0.2) is 4.98 Å². The second-order valence-electron chi connectivity index (χ2n) is 26.6.